The van der Waals surface area contributed by atoms with Gasteiger partial charge in [-0.3, -0.25) is 4.79 Å². The van der Waals surface area contributed by atoms with Crippen molar-refractivity contribution >= 4 is 15.8 Å². The predicted molar refractivity (Wildman–Crippen MR) is 78.1 cm³/mol. The van der Waals surface area contributed by atoms with Crippen LogP contribution in [0.25, 0.3) is 0 Å². The molecule has 0 aliphatic heterocycles. The summed E-state index contributed by atoms with van der Waals surface area (Å²) in [6.07, 6.45) is -0.134. The molecule has 1 atom stereocenters. The lowest BCUT2D eigenvalue weighted by molar-refractivity contribution is -0.145. The maximum absolute atomic E-state index is 12.6. The summed E-state index contributed by atoms with van der Waals surface area (Å²) in [5, 5.41) is 8.00. The maximum atomic E-state index is 12.6. The fourth-order valence-electron chi connectivity index (χ4n) is 2.09. The highest BCUT2D eigenvalue weighted by Gasteiger charge is 2.42. The van der Waals surface area contributed by atoms with Crippen molar-refractivity contribution < 1.29 is 17.9 Å². The molecule has 0 N–H and O–H groups in total. The summed E-state index contributed by atoms with van der Waals surface area (Å²) < 4.78 is 30.0. The predicted octanol–water partition coefficient (Wildman–Crippen LogP) is 2.33. The van der Waals surface area contributed by atoms with Crippen molar-refractivity contribution in [3.8, 4) is 6.07 Å². The highest BCUT2D eigenvalue weighted by Crippen LogP contribution is 2.33. The van der Waals surface area contributed by atoms with E-state index in [4.69, 9.17) is 4.74 Å². The van der Waals surface area contributed by atoms with Gasteiger partial charge >= 0.3 is 5.97 Å². The number of nitriles is 1. The van der Waals surface area contributed by atoms with Gasteiger partial charge in [0.05, 0.1) is 24.0 Å². The van der Waals surface area contributed by atoms with Gasteiger partial charge in [0.2, 0.25) is 0 Å². The van der Waals surface area contributed by atoms with Gasteiger partial charge in [0.1, 0.15) is 0 Å². The number of hydrogen-bond acceptors (Lipinski definition) is 5. The van der Waals surface area contributed by atoms with Gasteiger partial charge in [-0.1, -0.05) is 32.0 Å². The van der Waals surface area contributed by atoms with Crippen molar-refractivity contribution in [2.45, 2.75) is 37.3 Å². The number of hydrogen-bond donors (Lipinski definition) is 0. The molecule has 0 aromatic heterocycles. The summed E-state index contributed by atoms with van der Waals surface area (Å²) >= 11 is 0. The van der Waals surface area contributed by atoms with Crippen molar-refractivity contribution in [3.05, 3.63) is 30.3 Å². The number of esters is 1. The fraction of sp³-hybridized carbons (Fsp3) is 0.467. The third-order valence-electron chi connectivity index (χ3n) is 3.11. The number of rotatable bonds is 6. The molecular formula is C15H19NO4S. The topological polar surface area (TPSA) is 84.2 Å². The minimum Gasteiger partial charge on any atom is -0.466 e. The van der Waals surface area contributed by atoms with Crippen LogP contribution in [0.1, 0.15) is 27.2 Å². The lowest BCUT2D eigenvalue weighted by Gasteiger charge is -2.28. The van der Waals surface area contributed by atoms with E-state index >= 15 is 0 Å². The molecule has 0 saturated heterocycles. The fourth-order valence-corrected chi connectivity index (χ4v) is 3.96. The van der Waals surface area contributed by atoms with E-state index in [1.165, 1.54) is 12.1 Å². The van der Waals surface area contributed by atoms with Crippen LogP contribution in [-0.2, 0) is 19.4 Å². The molecule has 0 spiro atoms. The second-order valence-electron chi connectivity index (χ2n) is 5.34. The van der Waals surface area contributed by atoms with Gasteiger partial charge in [-0.2, -0.15) is 5.26 Å². The minimum atomic E-state index is -3.84. The summed E-state index contributed by atoms with van der Waals surface area (Å²) in [5.41, 5.74) is -1.05. The average Bonchev–Trinajstić information content (AvgIpc) is 2.39. The second kappa shape index (κ2) is 6.72. The van der Waals surface area contributed by atoms with Crippen LogP contribution in [-0.4, -0.2) is 26.2 Å². The monoisotopic (exact) mass is 309 g/mol. The zero-order valence-electron chi connectivity index (χ0n) is 12.4. The Balaban J connectivity index is 3.13. The summed E-state index contributed by atoms with van der Waals surface area (Å²) in [5.74, 6) is -0.508. The van der Waals surface area contributed by atoms with Crippen molar-refractivity contribution in [1.82, 2.24) is 0 Å². The van der Waals surface area contributed by atoms with E-state index in [1.807, 2.05) is 6.07 Å². The number of sulfone groups is 1. The molecule has 0 aliphatic rings. The zero-order valence-corrected chi connectivity index (χ0v) is 13.2. The average molecular weight is 309 g/mol. The number of benzene rings is 1. The van der Waals surface area contributed by atoms with Crippen LogP contribution in [0.5, 0.6) is 0 Å². The molecule has 0 amide bonds. The van der Waals surface area contributed by atoms with E-state index < -0.39 is 26.5 Å². The molecule has 0 saturated carbocycles. The minimum absolute atomic E-state index is 0.0773. The van der Waals surface area contributed by atoms with Crippen LogP contribution in [0.2, 0.25) is 0 Å². The molecule has 0 bridgehead atoms. The van der Waals surface area contributed by atoms with Gasteiger partial charge in [-0.25, -0.2) is 8.42 Å². The quantitative estimate of drug-likeness (QED) is 0.753. The Bertz CT molecular complexity index is 629. The Hall–Kier alpha value is -1.87. The highest BCUT2D eigenvalue weighted by atomic mass is 32.2. The van der Waals surface area contributed by atoms with E-state index in [0.29, 0.717) is 0 Å². The molecule has 1 unspecified atom stereocenters. The Kier molecular flexibility index (Phi) is 5.50. The van der Waals surface area contributed by atoms with Gasteiger partial charge in [-0.15, -0.1) is 0 Å². The number of ether oxygens (including phenoxy) is 1. The normalized spacial score (nSPS) is 13.2. The Morgan fingerprint density at radius 3 is 2.38 bits per heavy atom. The maximum Gasteiger partial charge on any atom is 0.306 e. The molecule has 0 aliphatic carbocycles. The van der Waals surface area contributed by atoms with E-state index in [0.717, 1.165) is 0 Å². The second-order valence-corrected chi connectivity index (χ2v) is 7.37. The number of carbonyl (C=O) groups is 1. The van der Waals surface area contributed by atoms with Gasteiger partial charge in [0, 0.05) is 5.41 Å². The largest absolute Gasteiger partial charge is 0.466 e. The molecule has 6 heteroatoms. The SMILES string of the molecule is CCOC(=O)CC(C)(C)C(C#N)S(=O)(=O)c1ccccc1. The van der Waals surface area contributed by atoms with Gasteiger partial charge in [0.15, 0.2) is 15.1 Å². The van der Waals surface area contributed by atoms with E-state index in [1.54, 1.807) is 39.0 Å². The molecule has 0 radical (unpaired) electrons. The summed E-state index contributed by atoms with van der Waals surface area (Å²) in [6, 6.07) is 9.61. The molecule has 0 heterocycles. The third-order valence-corrected chi connectivity index (χ3v) is 5.41. The lowest BCUT2D eigenvalue weighted by Crippen LogP contribution is -2.37. The Labute approximate surface area is 125 Å². The molecule has 21 heavy (non-hydrogen) atoms. The molecule has 1 aromatic carbocycles. The Morgan fingerprint density at radius 1 is 1.33 bits per heavy atom. The van der Waals surface area contributed by atoms with E-state index in [2.05, 4.69) is 0 Å². The van der Waals surface area contributed by atoms with Crippen molar-refractivity contribution in [3.63, 3.8) is 0 Å². The molecule has 1 aromatic rings. The van der Waals surface area contributed by atoms with Gasteiger partial charge < -0.3 is 4.74 Å². The molecule has 1 rings (SSSR count). The first kappa shape index (κ1) is 17.2. The van der Waals surface area contributed by atoms with Crippen LogP contribution >= 0.6 is 0 Å². The summed E-state index contributed by atoms with van der Waals surface area (Å²) in [6.45, 7) is 5.06. The smallest absolute Gasteiger partial charge is 0.306 e. The van der Waals surface area contributed by atoms with E-state index in [9.17, 15) is 18.5 Å². The molecular weight excluding hydrogens is 290 g/mol. The molecule has 5 nitrogen and oxygen atoms in total. The third kappa shape index (κ3) is 4.05. The van der Waals surface area contributed by atoms with Gasteiger partial charge in [0.25, 0.3) is 0 Å². The first-order chi connectivity index (χ1) is 9.75. The number of nitrogens with zero attached hydrogens (tertiary/aromatic N) is 1. The Morgan fingerprint density at radius 2 is 1.90 bits per heavy atom. The van der Waals surface area contributed by atoms with Crippen LogP contribution in [0.15, 0.2) is 35.2 Å². The zero-order chi connectivity index (χ0) is 16.1. The first-order valence-corrected chi connectivity index (χ1v) is 8.14. The van der Waals surface area contributed by atoms with Crippen LogP contribution in [0, 0.1) is 16.7 Å². The lowest BCUT2D eigenvalue weighted by atomic mass is 9.86. The summed E-state index contributed by atoms with van der Waals surface area (Å²) in [4.78, 5) is 11.7. The summed E-state index contributed by atoms with van der Waals surface area (Å²) in [7, 11) is -3.84. The van der Waals surface area contributed by atoms with Crippen LogP contribution < -0.4 is 0 Å². The molecule has 114 valence electrons. The van der Waals surface area contributed by atoms with Gasteiger partial charge in [-0.05, 0) is 19.1 Å². The van der Waals surface area contributed by atoms with E-state index in [-0.39, 0.29) is 17.9 Å². The van der Waals surface area contributed by atoms with Crippen LogP contribution in [0.3, 0.4) is 0 Å². The van der Waals surface area contributed by atoms with Crippen molar-refractivity contribution in [2.75, 3.05) is 6.61 Å². The molecule has 0 fully saturated rings. The number of carbonyl (C=O) groups excluding carboxylic acids is 1. The first-order valence-electron chi connectivity index (χ1n) is 6.60. The standard InChI is InChI=1S/C15H19NO4S/c1-4-20-14(17)10-15(2,3)13(11-16)21(18,19)12-8-6-5-7-9-12/h5-9,13H,4,10H2,1-3H3. The van der Waals surface area contributed by atoms with Crippen molar-refractivity contribution in [2.24, 2.45) is 5.41 Å². The van der Waals surface area contributed by atoms with Crippen LogP contribution in [0.4, 0.5) is 0 Å². The van der Waals surface area contributed by atoms with Crippen molar-refractivity contribution in [1.29, 1.82) is 5.26 Å². The highest BCUT2D eigenvalue weighted by molar-refractivity contribution is 7.92.